The van der Waals surface area contributed by atoms with E-state index in [-0.39, 0.29) is 6.61 Å². The minimum absolute atomic E-state index is 0.259. The molecule has 2 aromatic rings. The molecule has 0 unspecified atom stereocenters. The van der Waals surface area contributed by atoms with E-state index in [9.17, 15) is 9.59 Å². The molecule has 0 aliphatic heterocycles. The Balaban J connectivity index is 1.78. The number of hydrogen-bond donors (Lipinski definition) is 1. The molecular weight excluding hydrogens is 334 g/mol. The van der Waals surface area contributed by atoms with Gasteiger partial charge in [0, 0.05) is 0 Å². The summed E-state index contributed by atoms with van der Waals surface area (Å²) in [7, 11) is 0. The van der Waals surface area contributed by atoms with Crippen LogP contribution >= 0.6 is 0 Å². The van der Waals surface area contributed by atoms with E-state index in [4.69, 9.17) is 14.2 Å². The number of anilines is 1. The molecule has 0 heterocycles. The van der Waals surface area contributed by atoms with Crippen molar-refractivity contribution in [3.8, 4) is 11.5 Å². The normalized spacial score (nSPS) is 10.1. The molecule has 6 heteroatoms. The number of carbonyl (C=O) groups is 2. The van der Waals surface area contributed by atoms with Gasteiger partial charge < -0.3 is 19.5 Å². The van der Waals surface area contributed by atoms with Crippen LogP contribution in [0.15, 0.2) is 42.5 Å². The number of aryl methyl sites for hydroxylation is 2. The smallest absolute Gasteiger partial charge is 0.344 e. The van der Waals surface area contributed by atoms with E-state index in [0.717, 1.165) is 11.1 Å². The maximum atomic E-state index is 11.9. The van der Waals surface area contributed by atoms with E-state index in [1.54, 1.807) is 24.3 Å². The predicted molar refractivity (Wildman–Crippen MR) is 98.6 cm³/mol. The van der Waals surface area contributed by atoms with Crippen LogP contribution in [0.25, 0.3) is 0 Å². The third kappa shape index (κ3) is 5.81. The van der Waals surface area contributed by atoms with Crippen molar-refractivity contribution in [1.82, 2.24) is 0 Å². The number of hydrogen-bond acceptors (Lipinski definition) is 5. The van der Waals surface area contributed by atoms with Gasteiger partial charge in [-0.25, -0.2) is 4.79 Å². The number of rotatable bonds is 8. The molecule has 0 radical (unpaired) electrons. The summed E-state index contributed by atoms with van der Waals surface area (Å²) in [6.45, 7) is 5.65. The van der Waals surface area contributed by atoms with Crippen molar-refractivity contribution in [2.45, 2.75) is 20.8 Å². The Morgan fingerprint density at radius 2 is 1.73 bits per heavy atom. The molecule has 0 bridgehead atoms. The molecule has 6 nitrogen and oxygen atoms in total. The molecule has 0 aliphatic carbocycles. The first-order valence-electron chi connectivity index (χ1n) is 8.37. The van der Waals surface area contributed by atoms with Crippen LogP contribution in [0.5, 0.6) is 11.5 Å². The molecule has 2 aromatic carbocycles. The Morgan fingerprint density at radius 3 is 2.46 bits per heavy atom. The van der Waals surface area contributed by atoms with Gasteiger partial charge in [-0.3, -0.25) is 4.79 Å². The summed E-state index contributed by atoms with van der Waals surface area (Å²) in [6.07, 6.45) is 0. The van der Waals surface area contributed by atoms with Gasteiger partial charge in [0.05, 0.1) is 12.3 Å². The van der Waals surface area contributed by atoms with E-state index in [2.05, 4.69) is 5.32 Å². The summed E-state index contributed by atoms with van der Waals surface area (Å²) >= 11 is 0. The Bertz CT molecular complexity index is 773. The minimum atomic E-state index is -0.614. The second kappa shape index (κ2) is 9.46. The Hall–Kier alpha value is -3.02. The third-order valence-electron chi connectivity index (χ3n) is 3.66. The van der Waals surface area contributed by atoms with Crippen LogP contribution in [0.1, 0.15) is 18.1 Å². The Labute approximate surface area is 153 Å². The highest BCUT2D eigenvalue weighted by molar-refractivity contribution is 5.94. The molecule has 0 aromatic heterocycles. The monoisotopic (exact) mass is 357 g/mol. The fourth-order valence-electron chi connectivity index (χ4n) is 2.17. The van der Waals surface area contributed by atoms with Crippen LogP contribution in [0.2, 0.25) is 0 Å². The Kier molecular flexibility index (Phi) is 7.02. The fraction of sp³-hybridized carbons (Fsp3) is 0.300. The van der Waals surface area contributed by atoms with E-state index < -0.39 is 18.5 Å². The van der Waals surface area contributed by atoms with Gasteiger partial charge in [-0.15, -0.1) is 0 Å². The Morgan fingerprint density at radius 1 is 0.962 bits per heavy atom. The molecular formula is C20H23NO5. The highest BCUT2D eigenvalue weighted by Crippen LogP contribution is 2.23. The third-order valence-corrected chi connectivity index (χ3v) is 3.66. The van der Waals surface area contributed by atoms with Crippen molar-refractivity contribution >= 4 is 17.6 Å². The number of ether oxygens (including phenoxy) is 3. The zero-order valence-electron chi connectivity index (χ0n) is 15.2. The molecule has 0 fully saturated rings. The highest BCUT2D eigenvalue weighted by Gasteiger charge is 2.11. The zero-order valence-corrected chi connectivity index (χ0v) is 15.2. The lowest BCUT2D eigenvalue weighted by Crippen LogP contribution is -2.24. The summed E-state index contributed by atoms with van der Waals surface area (Å²) < 4.78 is 15.7. The number of amides is 1. The van der Waals surface area contributed by atoms with Crippen LogP contribution in [0.4, 0.5) is 5.69 Å². The van der Waals surface area contributed by atoms with Crippen LogP contribution in [-0.4, -0.2) is 31.7 Å². The van der Waals surface area contributed by atoms with Crippen molar-refractivity contribution in [3.63, 3.8) is 0 Å². The summed E-state index contributed by atoms with van der Waals surface area (Å²) in [5.41, 5.74) is 2.74. The van der Waals surface area contributed by atoms with Crippen molar-refractivity contribution in [2.24, 2.45) is 0 Å². The van der Waals surface area contributed by atoms with Gasteiger partial charge in [0.25, 0.3) is 5.91 Å². The molecule has 0 aliphatic rings. The van der Waals surface area contributed by atoms with Gasteiger partial charge >= 0.3 is 5.97 Å². The molecule has 1 amide bonds. The summed E-state index contributed by atoms with van der Waals surface area (Å²) in [6, 6.07) is 12.6. The van der Waals surface area contributed by atoms with Crippen molar-refractivity contribution in [2.75, 3.05) is 25.1 Å². The molecule has 26 heavy (non-hydrogen) atoms. The number of para-hydroxylation sites is 2. The predicted octanol–water partition coefficient (Wildman–Crippen LogP) is 3.26. The highest BCUT2D eigenvalue weighted by atomic mass is 16.6. The van der Waals surface area contributed by atoms with E-state index in [0.29, 0.717) is 23.8 Å². The minimum Gasteiger partial charge on any atom is -0.492 e. The maximum Gasteiger partial charge on any atom is 0.344 e. The summed E-state index contributed by atoms with van der Waals surface area (Å²) in [4.78, 5) is 23.7. The van der Waals surface area contributed by atoms with Gasteiger partial charge in [-0.05, 0) is 56.2 Å². The van der Waals surface area contributed by atoms with E-state index >= 15 is 0 Å². The topological polar surface area (TPSA) is 73.9 Å². The van der Waals surface area contributed by atoms with Crippen molar-refractivity contribution in [3.05, 3.63) is 53.6 Å². The van der Waals surface area contributed by atoms with Gasteiger partial charge in [0.1, 0.15) is 11.5 Å². The molecule has 0 saturated heterocycles. The van der Waals surface area contributed by atoms with Crippen molar-refractivity contribution < 1.29 is 23.8 Å². The quantitative estimate of drug-likeness (QED) is 0.734. The van der Waals surface area contributed by atoms with Crippen LogP contribution in [-0.2, 0) is 14.3 Å². The lowest BCUT2D eigenvalue weighted by Gasteiger charge is -2.11. The SMILES string of the molecule is CCOc1ccccc1NC(=O)COC(=O)COc1ccc(C)c(C)c1. The number of nitrogens with one attached hydrogen (secondary N) is 1. The largest absolute Gasteiger partial charge is 0.492 e. The maximum absolute atomic E-state index is 11.9. The van der Waals surface area contributed by atoms with Crippen molar-refractivity contribution in [1.29, 1.82) is 0 Å². The number of carbonyl (C=O) groups excluding carboxylic acids is 2. The number of esters is 1. The molecule has 0 saturated carbocycles. The second-order valence-corrected chi connectivity index (χ2v) is 5.67. The average Bonchev–Trinajstić information content (AvgIpc) is 2.63. The summed E-state index contributed by atoms with van der Waals surface area (Å²) in [5, 5.41) is 2.66. The number of benzene rings is 2. The summed E-state index contributed by atoms with van der Waals surface area (Å²) in [5.74, 6) is 0.0843. The van der Waals surface area contributed by atoms with E-state index in [1.165, 1.54) is 0 Å². The standard InChI is InChI=1S/C20H23NO5/c1-4-24-18-8-6-5-7-17(18)21-19(22)12-26-20(23)13-25-16-10-9-14(2)15(3)11-16/h5-11H,4,12-13H2,1-3H3,(H,21,22). The van der Waals surface area contributed by atoms with Crippen LogP contribution in [0.3, 0.4) is 0 Å². The molecule has 1 N–H and O–H groups in total. The molecule has 138 valence electrons. The second-order valence-electron chi connectivity index (χ2n) is 5.67. The fourth-order valence-corrected chi connectivity index (χ4v) is 2.17. The first-order valence-corrected chi connectivity index (χ1v) is 8.37. The average molecular weight is 357 g/mol. The van der Waals surface area contributed by atoms with Gasteiger partial charge in [0.15, 0.2) is 13.2 Å². The first-order chi connectivity index (χ1) is 12.5. The van der Waals surface area contributed by atoms with Gasteiger partial charge in [-0.2, -0.15) is 0 Å². The van der Waals surface area contributed by atoms with E-state index in [1.807, 2.05) is 39.0 Å². The molecule has 2 rings (SSSR count). The molecule has 0 spiro atoms. The van der Waals surface area contributed by atoms with Crippen LogP contribution < -0.4 is 14.8 Å². The lowest BCUT2D eigenvalue weighted by molar-refractivity contribution is -0.149. The zero-order chi connectivity index (χ0) is 18.9. The van der Waals surface area contributed by atoms with Gasteiger partial charge in [-0.1, -0.05) is 18.2 Å². The van der Waals surface area contributed by atoms with Crippen LogP contribution in [0, 0.1) is 13.8 Å². The molecule has 0 atom stereocenters. The van der Waals surface area contributed by atoms with Gasteiger partial charge in [0.2, 0.25) is 0 Å². The first kappa shape index (κ1) is 19.3. The lowest BCUT2D eigenvalue weighted by atomic mass is 10.1.